The first kappa shape index (κ1) is 24.8. The molecule has 0 saturated carbocycles. The van der Waals surface area contributed by atoms with E-state index in [0.717, 1.165) is 22.3 Å². The zero-order valence-corrected chi connectivity index (χ0v) is 20.8. The highest BCUT2D eigenvalue weighted by Gasteiger charge is 2.29. The Kier molecular flexibility index (Phi) is 7.73. The van der Waals surface area contributed by atoms with Gasteiger partial charge in [-0.3, -0.25) is 4.79 Å². The number of carbonyl (C=O) groups excluding carboxylic acids is 1. The number of ether oxygens (including phenoxy) is 2. The minimum absolute atomic E-state index is 0.0343. The normalized spacial score (nSPS) is 13.8. The van der Waals surface area contributed by atoms with Crippen molar-refractivity contribution >= 4 is 15.9 Å². The first-order valence-corrected chi connectivity index (χ1v) is 13.1. The lowest BCUT2D eigenvalue weighted by atomic mass is 9.90. The number of carbonyl (C=O) groups is 1. The Balaban J connectivity index is 1.42. The summed E-state index contributed by atoms with van der Waals surface area (Å²) in [6.45, 7) is 0.685. The van der Waals surface area contributed by atoms with E-state index in [0.29, 0.717) is 24.5 Å². The molecular formula is C27H30N2O5S. The fourth-order valence-corrected chi connectivity index (χ4v) is 5.74. The second kappa shape index (κ2) is 10.9. The van der Waals surface area contributed by atoms with Crippen molar-refractivity contribution in [3.05, 3.63) is 95.1 Å². The molecule has 3 aromatic carbocycles. The van der Waals surface area contributed by atoms with Crippen LogP contribution in [-0.2, 0) is 27.8 Å². The van der Waals surface area contributed by atoms with E-state index < -0.39 is 15.9 Å². The van der Waals surface area contributed by atoms with Gasteiger partial charge in [-0.05, 0) is 40.8 Å². The Morgan fingerprint density at radius 1 is 0.914 bits per heavy atom. The number of rotatable bonds is 9. The monoisotopic (exact) mass is 494 g/mol. The van der Waals surface area contributed by atoms with Crippen LogP contribution in [0.1, 0.15) is 28.2 Å². The van der Waals surface area contributed by atoms with Crippen molar-refractivity contribution in [2.24, 2.45) is 0 Å². The van der Waals surface area contributed by atoms with E-state index in [2.05, 4.69) is 5.32 Å². The Morgan fingerprint density at radius 3 is 2.00 bits per heavy atom. The molecule has 1 aliphatic rings. The molecule has 1 heterocycles. The van der Waals surface area contributed by atoms with Gasteiger partial charge in [0.15, 0.2) is 11.5 Å². The summed E-state index contributed by atoms with van der Waals surface area (Å²) in [5.41, 5.74) is 3.66. The summed E-state index contributed by atoms with van der Waals surface area (Å²) in [5, 5.41) is 2.85. The lowest BCUT2D eigenvalue weighted by molar-refractivity contribution is -0.121. The van der Waals surface area contributed by atoms with Gasteiger partial charge in [-0.2, -0.15) is 4.31 Å². The second-order valence-corrected chi connectivity index (χ2v) is 10.5. The minimum atomic E-state index is -3.57. The number of hydrogen-bond acceptors (Lipinski definition) is 5. The van der Waals surface area contributed by atoms with Crippen molar-refractivity contribution in [2.45, 2.75) is 18.9 Å². The zero-order chi connectivity index (χ0) is 24.8. The third-order valence-corrected chi connectivity index (χ3v) is 8.08. The SMILES string of the molecule is COc1cc2c(cc1OC)CN(S(=O)(=O)CCNC(=O)C(c1ccccc1)c1ccccc1)CC2. The molecule has 0 saturated heterocycles. The molecule has 184 valence electrons. The molecule has 0 fully saturated rings. The number of nitrogens with one attached hydrogen (secondary N) is 1. The van der Waals surface area contributed by atoms with E-state index in [1.807, 2.05) is 72.8 Å². The molecule has 1 N–H and O–H groups in total. The molecule has 1 amide bonds. The van der Waals surface area contributed by atoms with Crippen molar-refractivity contribution in [2.75, 3.05) is 33.1 Å². The van der Waals surface area contributed by atoms with Gasteiger partial charge in [0.1, 0.15) is 0 Å². The van der Waals surface area contributed by atoms with E-state index in [9.17, 15) is 13.2 Å². The van der Waals surface area contributed by atoms with Gasteiger partial charge >= 0.3 is 0 Å². The van der Waals surface area contributed by atoms with Crippen LogP contribution in [0.15, 0.2) is 72.8 Å². The topological polar surface area (TPSA) is 84.9 Å². The summed E-state index contributed by atoms with van der Waals surface area (Å²) in [6, 6.07) is 22.7. The van der Waals surface area contributed by atoms with Crippen molar-refractivity contribution in [1.29, 1.82) is 0 Å². The van der Waals surface area contributed by atoms with Crippen molar-refractivity contribution < 1.29 is 22.7 Å². The van der Waals surface area contributed by atoms with Crippen LogP contribution in [0.5, 0.6) is 11.5 Å². The molecule has 0 aromatic heterocycles. The van der Waals surface area contributed by atoms with Crippen molar-refractivity contribution in [3.8, 4) is 11.5 Å². The Bertz CT molecular complexity index is 1220. The minimum Gasteiger partial charge on any atom is -0.493 e. The van der Waals surface area contributed by atoms with Gasteiger partial charge in [0.05, 0.1) is 25.9 Å². The molecule has 0 atom stereocenters. The number of fused-ring (bicyclic) bond motifs is 1. The van der Waals surface area contributed by atoms with Crippen LogP contribution >= 0.6 is 0 Å². The first-order valence-electron chi connectivity index (χ1n) is 11.5. The molecule has 8 heteroatoms. The zero-order valence-electron chi connectivity index (χ0n) is 19.9. The van der Waals surface area contributed by atoms with Crippen molar-refractivity contribution in [3.63, 3.8) is 0 Å². The maximum absolute atomic E-state index is 13.2. The maximum Gasteiger partial charge on any atom is 0.232 e. The molecule has 4 rings (SSSR count). The average molecular weight is 495 g/mol. The van der Waals surface area contributed by atoms with E-state index in [4.69, 9.17) is 9.47 Å². The molecule has 0 unspecified atom stereocenters. The Labute approximate surface area is 206 Å². The number of benzene rings is 3. The van der Waals surface area contributed by atoms with Gasteiger partial charge in [-0.15, -0.1) is 0 Å². The molecule has 35 heavy (non-hydrogen) atoms. The average Bonchev–Trinajstić information content (AvgIpc) is 2.88. The highest BCUT2D eigenvalue weighted by molar-refractivity contribution is 7.89. The van der Waals surface area contributed by atoms with E-state index in [1.54, 1.807) is 14.2 Å². The summed E-state index contributed by atoms with van der Waals surface area (Å²) in [4.78, 5) is 13.2. The van der Waals surface area contributed by atoms with Crippen LogP contribution in [0, 0.1) is 0 Å². The smallest absolute Gasteiger partial charge is 0.232 e. The largest absolute Gasteiger partial charge is 0.493 e. The van der Waals surface area contributed by atoms with Gasteiger partial charge < -0.3 is 14.8 Å². The van der Waals surface area contributed by atoms with Gasteiger partial charge in [-0.1, -0.05) is 60.7 Å². The molecule has 0 spiro atoms. The third kappa shape index (κ3) is 5.66. The summed E-state index contributed by atoms with van der Waals surface area (Å²) in [7, 11) is -0.426. The number of sulfonamides is 1. The van der Waals surface area contributed by atoms with Crippen LogP contribution in [0.2, 0.25) is 0 Å². The summed E-state index contributed by atoms with van der Waals surface area (Å²) in [5.74, 6) is 0.308. The van der Waals surface area contributed by atoms with Crippen LogP contribution in [-0.4, -0.2) is 51.7 Å². The fraction of sp³-hybridized carbons (Fsp3) is 0.296. The van der Waals surface area contributed by atoms with Crippen LogP contribution in [0.4, 0.5) is 0 Å². The predicted octanol–water partition coefficient (Wildman–Crippen LogP) is 3.34. The van der Waals surface area contributed by atoms with Gasteiger partial charge in [0.25, 0.3) is 0 Å². The Hall–Kier alpha value is -3.36. The van der Waals surface area contributed by atoms with Gasteiger partial charge in [0.2, 0.25) is 15.9 Å². The second-order valence-electron chi connectivity index (χ2n) is 8.42. The lowest BCUT2D eigenvalue weighted by Gasteiger charge is -2.29. The van der Waals surface area contributed by atoms with Crippen LogP contribution < -0.4 is 14.8 Å². The highest BCUT2D eigenvalue weighted by atomic mass is 32.2. The van der Waals surface area contributed by atoms with E-state index in [-0.39, 0.29) is 24.7 Å². The number of amides is 1. The number of methoxy groups -OCH3 is 2. The molecule has 0 bridgehead atoms. The predicted molar refractivity (Wildman–Crippen MR) is 135 cm³/mol. The lowest BCUT2D eigenvalue weighted by Crippen LogP contribution is -2.41. The number of nitrogens with zero attached hydrogens (tertiary/aromatic N) is 1. The third-order valence-electron chi connectivity index (χ3n) is 6.26. The summed E-state index contributed by atoms with van der Waals surface area (Å²) >= 11 is 0. The molecule has 1 aliphatic heterocycles. The van der Waals surface area contributed by atoms with Crippen molar-refractivity contribution in [1.82, 2.24) is 9.62 Å². The van der Waals surface area contributed by atoms with E-state index in [1.165, 1.54) is 4.31 Å². The quantitative estimate of drug-likeness (QED) is 0.493. The van der Waals surface area contributed by atoms with Crippen LogP contribution in [0.25, 0.3) is 0 Å². The van der Waals surface area contributed by atoms with Crippen LogP contribution in [0.3, 0.4) is 0 Å². The molecular weight excluding hydrogens is 464 g/mol. The Morgan fingerprint density at radius 2 is 1.46 bits per heavy atom. The first-order chi connectivity index (χ1) is 16.9. The highest BCUT2D eigenvalue weighted by Crippen LogP contribution is 2.34. The van der Waals surface area contributed by atoms with E-state index >= 15 is 0 Å². The van der Waals surface area contributed by atoms with Gasteiger partial charge in [-0.25, -0.2) is 8.42 Å². The molecule has 0 aliphatic carbocycles. The molecule has 3 aromatic rings. The fourth-order valence-electron chi connectivity index (χ4n) is 4.42. The standard InChI is InChI=1S/C27H30N2O5S/c1-33-24-17-22-13-15-29(19-23(22)18-25(24)34-2)35(31,32)16-14-28-27(30)26(20-9-5-3-6-10-20)21-11-7-4-8-12-21/h3-12,17-18,26H,13-16,19H2,1-2H3,(H,28,30). The summed E-state index contributed by atoms with van der Waals surface area (Å²) < 4.78 is 38.4. The summed E-state index contributed by atoms with van der Waals surface area (Å²) in [6.07, 6.45) is 0.589. The number of hydrogen-bond donors (Lipinski definition) is 1. The maximum atomic E-state index is 13.2. The van der Waals surface area contributed by atoms with Gasteiger partial charge in [0, 0.05) is 19.6 Å². The molecule has 0 radical (unpaired) electrons. The molecule has 7 nitrogen and oxygen atoms in total.